The SMILES string of the molecule is CCNCC(C)=Cc1ccncc1. The molecule has 1 heterocycles. The maximum atomic E-state index is 3.97. The molecule has 0 saturated carbocycles. The molecular weight excluding hydrogens is 160 g/mol. The van der Waals surface area contributed by atoms with Crippen molar-refractivity contribution in [3.05, 3.63) is 35.7 Å². The molecule has 0 aliphatic carbocycles. The molecule has 0 aliphatic rings. The van der Waals surface area contributed by atoms with Crippen molar-refractivity contribution in [2.45, 2.75) is 13.8 Å². The van der Waals surface area contributed by atoms with Gasteiger partial charge in [-0.1, -0.05) is 18.6 Å². The van der Waals surface area contributed by atoms with Crippen molar-refractivity contribution < 1.29 is 0 Å². The lowest BCUT2D eigenvalue weighted by Crippen LogP contribution is -2.14. The van der Waals surface area contributed by atoms with Gasteiger partial charge in [-0.15, -0.1) is 0 Å². The van der Waals surface area contributed by atoms with Gasteiger partial charge in [-0.05, 0) is 31.2 Å². The molecule has 0 fully saturated rings. The van der Waals surface area contributed by atoms with E-state index >= 15 is 0 Å². The van der Waals surface area contributed by atoms with Crippen molar-refractivity contribution >= 4 is 6.08 Å². The van der Waals surface area contributed by atoms with Gasteiger partial charge in [0.2, 0.25) is 0 Å². The monoisotopic (exact) mass is 176 g/mol. The molecule has 0 bridgehead atoms. The van der Waals surface area contributed by atoms with Crippen molar-refractivity contribution in [2.75, 3.05) is 13.1 Å². The van der Waals surface area contributed by atoms with Gasteiger partial charge in [-0.25, -0.2) is 0 Å². The number of hydrogen-bond donors (Lipinski definition) is 1. The zero-order chi connectivity index (χ0) is 9.52. The molecule has 0 amide bonds. The van der Waals surface area contributed by atoms with Crippen molar-refractivity contribution in [1.29, 1.82) is 0 Å². The molecule has 1 N–H and O–H groups in total. The molecule has 1 aromatic heterocycles. The van der Waals surface area contributed by atoms with E-state index in [1.807, 2.05) is 24.5 Å². The van der Waals surface area contributed by atoms with Crippen LogP contribution in [0.3, 0.4) is 0 Å². The van der Waals surface area contributed by atoms with Crippen LogP contribution in [-0.2, 0) is 0 Å². The predicted octanol–water partition coefficient (Wildman–Crippen LogP) is 2.09. The normalized spacial score (nSPS) is 11.7. The molecule has 2 nitrogen and oxygen atoms in total. The zero-order valence-corrected chi connectivity index (χ0v) is 8.25. The van der Waals surface area contributed by atoms with E-state index in [2.05, 4.69) is 30.2 Å². The van der Waals surface area contributed by atoms with Gasteiger partial charge >= 0.3 is 0 Å². The van der Waals surface area contributed by atoms with Gasteiger partial charge in [-0.3, -0.25) is 4.98 Å². The van der Waals surface area contributed by atoms with E-state index in [1.54, 1.807) is 0 Å². The standard InChI is InChI=1S/C11H16N2/c1-3-12-9-10(2)8-11-4-6-13-7-5-11/h4-8,12H,3,9H2,1-2H3. The number of hydrogen-bond acceptors (Lipinski definition) is 2. The van der Waals surface area contributed by atoms with Gasteiger partial charge in [0.05, 0.1) is 0 Å². The lowest BCUT2D eigenvalue weighted by molar-refractivity contribution is 0.778. The zero-order valence-electron chi connectivity index (χ0n) is 8.25. The lowest BCUT2D eigenvalue weighted by Gasteiger charge is -2.01. The minimum atomic E-state index is 0.957. The quantitative estimate of drug-likeness (QED) is 0.760. The molecule has 0 unspecified atom stereocenters. The Morgan fingerprint density at radius 1 is 1.46 bits per heavy atom. The molecule has 0 aromatic carbocycles. The molecule has 0 atom stereocenters. The molecule has 0 saturated heterocycles. The molecule has 0 aliphatic heterocycles. The van der Waals surface area contributed by atoms with E-state index in [0.29, 0.717) is 0 Å². The van der Waals surface area contributed by atoms with Crippen LogP contribution in [-0.4, -0.2) is 18.1 Å². The minimum Gasteiger partial charge on any atom is -0.313 e. The second-order valence-corrected chi connectivity index (χ2v) is 3.05. The van der Waals surface area contributed by atoms with Gasteiger partial charge in [0.25, 0.3) is 0 Å². The first-order valence-electron chi connectivity index (χ1n) is 4.61. The summed E-state index contributed by atoms with van der Waals surface area (Å²) in [5.74, 6) is 0. The summed E-state index contributed by atoms with van der Waals surface area (Å²) >= 11 is 0. The van der Waals surface area contributed by atoms with Crippen LogP contribution in [0.15, 0.2) is 30.1 Å². The summed E-state index contributed by atoms with van der Waals surface area (Å²) in [6, 6.07) is 4.02. The van der Waals surface area contributed by atoms with E-state index in [4.69, 9.17) is 0 Å². The van der Waals surface area contributed by atoms with Gasteiger partial charge in [0, 0.05) is 18.9 Å². The Morgan fingerprint density at radius 2 is 2.15 bits per heavy atom. The summed E-state index contributed by atoms with van der Waals surface area (Å²) in [5, 5.41) is 3.28. The number of pyridine rings is 1. The molecule has 70 valence electrons. The fourth-order valence-electron chi connectivity index (χ4n) is 1.12. The highest BCUT2D eigenvalue weighted by molar-refractivity contribution is 5.51. The molecule has 2 heteroatoms. The first-order valence-corrected chi connectivity index (χ1v) is 4.61. The third-order valence-corrected chi connectivity index (χ3v) is 1.77. The molecule has 1 aromatic rings. The fraction of sp³-hybridized carbons (Fsp3) is 0.364. The van der Waals surface area contributed by atoms with E-state index in [0.717, 1.165) is 13.1 Å². The highest BCUT2D eigenvalue weighted by Gasteiger charge is 1.89. The number of rotatable bonds is 4. The number of nitrogens with one attached hydrogen (secondary N) is 1. The summed E-state index contributed by atoms with van der Waals surface area (Å²) in [5.41, 5.74) is 2.55. The van der Waals surface area contributed by atoms with Crippen molar-refractivity contribution in [3.8, 4) is 0 Å². The summed E-state index contributed by atoms with van der Waals surface area (Å²) in [4.78, 5) is 3.97. The third-order valence-electron chi connectivity index (χ3n) is 1.77. The largest absolute Gasteiger partial charge is 0.313 e. The summed E-state index contributed by atoms with van der Waals surface area (Å²) in [7, 11) is 0. The van der Waals surface area contributed by atoms with Gasteiger partial charge in [0.15, 0.2) is 0 Å². The Morgan fingerprint density at radius 3 is 2.77 bits per heavy atom. The third kappa shape index (κ3) is 3.85. The number of likely N-dealkylation sites (N-methyl/N-ethyl adjacent to an activating group) is 1. The lowest BCUT2D eigenvalue weighted by atomic mass is 10.2. The first kappa shape index (κ1) is 9.93. The summed E-state index contributed by atoms with van der Waals surface area (Å²) < 4.78 is 0. The average Bonchev–Trinajstić information content (AvgIpc) is 2.16. The van der Waals surface area contributed by atoms with Crippen LogP contribution in [0.2, 0.25) is 0 Å². The highest BCUT2D eigenvalue weighted by atomic mass is 14.8. The Kier molecular flexibility index (Phi) is 4.19. The number of nitrogens with zero attached hydrogens (tertiary/aromatic N) is 1. The van der Waals surface area contributed by atoms with Gasteiger partial charge < -0.3 is 5.32 Å². The van der Waals surface area contributed by atoms with E-state index in [9.17, 15) is 0 Å². The maximum Gasteiger partial charge on any atom is 0.0273 e. The van der Waals surface area contributed by atoms with Crippen molar-refractivity contribution in [2.24, 2.45) is 0 Å². The predicted molar refractivity (Wildman–Crippen MR) is 56.4 cm³/mol. The van der Waals surface area contributed by atoms with Crippen LogP contribution in [0.1, 0.15) is 19.4 Å². The molecular formula is C11H16N2. The Hall–Kier alpha value is -1.15. The highest BCUT2D eigenvalue weighted by Crippen LogP contribution is 2.03. The van der Waals surface area contributed by atoms with Crippen molar-refractivity contribution in [3.63, 3.8) is 0 Å². The van der Waals surface area contributed by atoms with E-state index in [1.165, 1.54) is 11.1 Å². The Balaban J connectivity index is 2.55. The maximum absolute atomic E-state index is 3.97. The second-order valence-electron chi connectivity index (χ2n) is 3.05. The van der Waals surface area contributed by atoms with Crippen LogP contribution in [0.5, 0.6) is 0 Å². The molecule has 1 rings (SSSR count). The van der Waals surface area contributed by atoms with E-state index in [-0.39, 0.29) is 0 Å². The second kappa shape index (κ2) is 5.49. The molecule has 13 heavy (non-hydrogen) atoms. The smallest absolute Gasteiger partial charge is 0.0273 e. The van der Waals surface area contributed by atoms with Crippen LogP contribution < -0.4 is 5.32 Å². The van der Waals surface area contributed by atoms with E-state index < -0.39 is 0 Å². The van der Waals surface area contributed by atoms with Crippen LogP contribution in [0.4, 0.5) is 0 Å². The average molecular weight is 176 g/mol. The summed E-state index contributed by atoms with van der Waals surface area (Å²) in [6.45, 7) is 6.21. The van der Waals surface area contributed by atoms with Crippen LogP contribution in [0.25, 0.3) is 6.08 Å². The minimum absolute atomic E-state index is 0.957. The Bertz CT molecular complexity index is 265. The molecule has 0 radical (unpaired) electrons. The fourth-order valence-corrected chi connectivity index (χ4v) is 1.12. The summed E-state index contributed by atoms with van der Waals surface area (Å²) in [6.07, 6.45) is 5.79. The van der Waals surface area contributed by atoms with Crippen LogP contribution in [0, 0.1) is 0 Å². The van der Waals surface area contributed by atoms with Gasteiger partial charge in [-0.2, -0.15) is 0 Å². The molecule has 0 spiro atoms. The van der Waals surface area contributed by atoms with Crippen LogP contribution >= 0.6 is 0 Å². The van der Waals surface area contributed by atoms with Gasteiger partial charge in [0.1, 0.15) is 0 Å². The number of aromatic nitrogens is 1. The topological polar surface area (TPSA) is 24.9 Å². The Labute approximate surface area is 79.7 Å². The van der Waals surface area contributed by atoms with Crippen molar-refractivity contribution in [1.82, 2.24) is 10.3 Å². The first-order chi connectivity index (χ1) is 6.33.